The number of amides is 1. The Labute approximate surface area is 118 Å². The first-order valence-electron chi connectivity index (χ1n) is 6.25. The van der Waals surface area contributed by atoms with Crippen molar-refractivity contribution in [3.05, 3.63) is 41.5 Å². The van der Waals surface area contributed by atoms with Gasteiger partial charge in [0, 0.05) is 0 Å². The van der Waals surface area contributed by atoms with Gasteiger partial charge in [0.2, 0.25) is 0 Å². The Balaban J connectivity index is 2.43. The van der Waals surface area contributed by atoms with Crippen LogP contribution in [0, 0.1) is 6.92 Å². The number of carbonyl (C=O) groups excluding carboxylic acids is 1. The van der Waals surface area contributed by atoms with E-state index in [9.17, 15) is 13.2 Å². The minimum absolute atomic E-state index is 0.0507. The van der Waals surface area contributed by atoms with E-state index in [-0.39, 0.29) is 11.5 Å². The summed E-state index contributed by atoms with van der Waals surface area (Å²) in [6, 6.07) is 5.80. The van der Waals surface area contributed by atoms with Crippen LogP contribution in [0.3, 0.4) is 0 Å². The standard InChI is InChI=1S/C14H17NO4S/c1-10(2)8-12-9-19-14(16)15(12)20(17,18)13-6-4-11(3)5-7-13/h4-8,12H,9H2,1-3H3. The molecule has 1 aliphatic heterocycles. The molecule has 5 nitrogen and oxygen atoms in total. The van der Waals surface area contributed by atoms with Crippen molar-refractivity contribution in [3.8, 4) is 0 Å². The fourth-order valence-corrected chi connectivity index (χ4v) is 3.46. The minimum Gasteiger partial charge on any atom is -0.446 e. The van der Waals surface area contributed by atoms with Crippen molar-refractivity contribution in [2.75, 3.05) is 6.61 Å². The van der Waals surface area contributed by atoms with Crippen molar-refractivity contribution in [1.82, 2.24) is 4.31 Å². The smallest absolute Gasteiger partial charge is 0.424 e. The van der Waals surface area contributed by atoms with Gasteiger partial charge < -0.3 is 4.74 Å². The highest BCUT2D eigenvalue weighted by molar-refractivity contribution is 7.89. The molecule has 108 valence electrons. The Morgan fingerprint density at radius 3 is 2.45 bits per heavy atom. The molecule has 0 N–H and O–H groups in total. The second-order valence-corrected chi connectivity index (χ2v) is 6.82. The van der Waals surface area contributed by atoms with Crippen LogP contribution in [0.2, 0.25) is 0 Å². The van der Waals surface area contributed by atoms with Crippen LogP contribution in [-0.2, 0) is 14.8 Å². The number of allylic oxidation sites excluding steroid dienone is 1. The van der Waals surface area contributed by atoms with Crippen LogP contribution < -0.4 is 0 Å². The van der Waals surface area contributed by atoms with Crippen molar-refractivity contribution in [2.24, 2.45) is 0 Å². The quantitative estimate of drug-likeness (QED) is 0.804. The minimum atomic E-state index is -3.89. The van der Waals surface area contributed by atoms with Gasteiger partial charge in [-0.05, 0) is 32.9 Å². The van der Waals surface area contributed by atoms with Gasteiger partial charge in [-0.3, -0.25) is 0 Å². The molecule has 1 unspecified atom stereocenters. The molecule has 1 amide bonds. The van der Waals surface area contributed by atoms with Crippen molar-refractivity contribution < 1.29 is 17.9 Å². The van der Waals surface area contributed by atoms with E-state index in [0.29, 0.717) is 0 Å². The fourth-order valence-electron chi connectivity index (χ4n) is 2.02. The third-order valence-corrected chi connectivity index (χ3v) is 4.77. The molecule has 2 rings (SSSR count). The van der Waals surface area contributed by atoms with Crippen molar-refractivity contribution in [1.29, 1.82) is 0 Å². The number of rotatable bonds is 3. The summed E-state index contributed by atoms with van der Waals surface area (Å²) in [7, 11) is -3.89. The van der Waals surface area contributed by atoms with E-state index in [1.54, 1.807) is 18.2 Å². The number of nitrogens with zero attached hydrogens (tertiary/aromatic N) is 1. The zero-order chi connectivity index (χ0) is 14.9. The summed E-state index contributed by atoms with van der Waals surface area (Å²) >= 11 is 0. The predicted molar refractivity (Wildman–Crippen MR) is 74.8 cm³/mol. The van der Waals surface area contributed by atoms with E-state index in [4.69, 9.17) is 4.74 Å². The monoisotopic (exact) mass is 295 g/mol. The van der Waals surface area contributed by atoms with Gasteiger partial charge in [-0.15, -0.1) is 0 Å². The van der Waals surface area contributed by atoms with Gasteiger partial charge in [-0.25, -0.2) is 13.2 Å². The van der Waals surface area contributed by atoms with Crippen molar-refractivity contribution >= 4 is 16.1 Å². The molecule has 1 atom stereocenters. The molecule has 1 saturated heterocycles. The molecule has 1 heterocycles. The molecule has 1 aromatic carbocycles. The van der Waals surface area contributed by atoms with E-state index >= 15 is 0 Å². The van der Waals surface area contributed by atoms with Gasteiger partial charge in [0.25, 0.3) is 10.0 Å². The lowest BCUT2D eigenvalue weighted by atomic mass is 10.2. The van der Waals surface area contributed by atoms with E-state index in [1.165, 1.54) is 12.1 Å². The SMILES string of the molecule is CC(C)=CC1COC(=O)N1S(=O)(=O)c1ccc(C)cc1. The fraction of sp³-hybridized carbons (Fsp3) is 0.357. The molecular weight excluding hydrogens is 278 g/mol. The van der Waals surface area contributed by atoms with Gasteiger partial charge in [-0.2, -0.15) is 4.31 Å². The van der Waals surface area contributed by atoms with E-state index < -0.39 is 22.2 Å². The average Bonchev–Trinajstić information content (AvgIpc) is 2.70. The summed E-state index contributed by atoms with van der Waals surface area (Å²) in [5.74, 6) is 0. The molecule has 0 aromatic heterocycles. The van der Waals surface area contributed by atoms with Gasteiger partial charge in [0.15, 0.2) is 0 Å². The number of cyclic esters (lactones) is 1. The zero-order valence-corrected chi connectivity index (χ0v) is 12.5. The molecule has 6 heteroatoms. The Kier molecular flexibility index (Phi) is 3.85. The van der Waals surface area contributed by atoms with Crippen LogP contribution in [-0.4, -0.2) is 31.5 Å². The van der Waals surface area contributed by atoms with Crippen molar-refractivity contribution in [3.63, 3.8) is 0 Å². The number of hydrogen-bond acceptors (Lipinski definition) is 4. The van der Waals surface area contributed by atoms with Gasteiger partial charge in [0.05, 0.1) is 4.90 Å². The predicted octanol–water partition coefficient (Wildman–Crippen LogP) is 2.47. The van der Waals surface area contributed by atoms with Crippen molar-refractivity contribution in [2.45, 2.75) is 31.7 Å². The maximum Gasteiger partial charge on any atom is 0.424 e. The Morgan fingerprint density at radius 2 is 1.90 bits per heavy atom. The highest BCUT2D eigenvalue weighted by Crippen LogP contribution is 2.25. The van der Waals surface area contributed by atoms with Crippen LogP contribution >= 0.6 is 0 Å². The second kappa shape index (κ2) is 5.28. The van der Waals surface area contributed by atoms with Gasteiger partial charge in [0.1, 0.15) is 12.6 Å². The molecule has 0 saturated carbocycles. The summed E-state index contributed by atoms with van der Waals surface area (Å²) in [4.78, 5) is 11.8. The number of benzene rings is 1. The maximum absolute atomic E-state index is 12.5. The third-order valence-electron chi connectivity index (χ3n) is 2.96. The summed E-state index contributed by atoms with van der Waals surface area (Å²) < 4.78 is 30.8. The molecule has 0 bridgehead atoms. The molecule has 1 aromatic rings. The number of aryl methyl sites for hydroxylation is 1. The molecule has 0 radical (unpaired) electrons. The number of hydrogen-bond donors (Lipinski definition) is 0. The summed E-state index contributed by atoms with van der Waals surface area (Å²) in [6.45, 7) is 5.61. The first-order valence-corrected chi connectivity index (χ1v) is 7.69. The lowest BCUT2D eigenvalue weighted by Gasteiger charge is -2.19. The molecule has 0 spiro atoms. The lowest BCUT2D eigenvalue weighted by molar-refractivity contribution is 0.170. The van der Waals surface area contributed by atoms with E-state index in [1.807, 2.05) is 20.8 Å². The van der Waals surface area contributed by atoms with Gasteiger partial charge >= 0.3 is 6.09 Å². The Bertz CT molecular complexity index is 642. The second-order valence-electron chi connectivity index (χ2n) is 5.00. The molecular formula is C14H17NO4S. The Morgan fingerprint density at radius 1 is 1.30 bits per heavy atom. The van der Waals surface area contributed by atoms with E-state index in [0.717, 1.165) is 15.4 Å². The molecule has 20 heavy (non-hydrogen) atoms. The maximum atomic E-state index is 12.5. The summed E-state index contributed by atoms with van der Waals surface area (Å²) in [6.07, 6.45) is 0.893. The number of sulfonamides is 1. The molecule has 1 aliphatic rings. The van der Waals surface area contributed by atoms with Crippen LogP contribution in [0.5, 0.6) is 0 Å². The normalized spacial score (nSPS) is 18.9. The first-order chi connectivity index (χ1) is 9.32. The van der Waals surface area contributed by atoms with Gasteiger partial charge in [-0.1, -0.05) is 29.3 Å². The number of ether oxygens (including phenoxy) is 1. The Hall–Kier alpha value is -1.82. The van der Waals surface area contributed by atoms with Crippen LogP contribution in [0.4, 0.5) is 4.79 Å². The topological polar surface area (TPSA) is 63.7 Å². The van der Waals surface area contributed by atoms with Crippen LogP contribution in [0.15, 0.2) is 40.8 Å². The third kappa shape index (κ3) is 2.70. The highest BCUT2D eigenvalue weighted by atomic mass is 32.2. The average molecular weight is 295 g/mol. The zero-order valence-electron chi connectivity index (χ0n) is 11.7. The highest BCUT2D eigenvalue weighted by Gasteiger charge is 2.41. The molecule has 1 fully saturated rings. The number of carbonyl (C=O) groups is 1. The largest absolute Gasteiger partial charge is 0.446 e. The van der Waals surface area contributed by atoms with Crippen LogP contribution in [0.25, 0.3) is 0 Å². The van der Waals surface area contributed by atoms with Crippen LogP contribution in [0.1, 0.15) is 19.4 Å². The first kappa shape index (κ1) is 14.6. The van der Waals surface area contributed by atoms with E-state index in [2.05, 4.69) is 0 Å². The lowest BCUT2D eigenvalue weighted by Crippen LogP contribution is -2.38. The summed E-state index contributed by atoms with van der Waals surface area (Å²) in [5.41, 5.74) is 1.88. The summed E-state index contributed by atoms with van der Waals surface area (Å²) in [5, 5.41) is 0. The molecule has 0 aliphatic carbocycles.